The van der Waals surface area contributed by atoms with Crippen molar-refractivity contribution < 1.29 is 28.6 Å². The first kappa shape index (κ1) is 38.6. The fraction of sp³-hybridized carbons (Fsp3) is 0.459. The van der Waals surface area contributed by atoms with Gasteiger partial charge in [-0.3, -0.25) is 15.4 Å². The van der Waals surface area contributed by atoms with Crippen molar-refractivity contribution in [3.8, 4) is 0 Å². The van der Waals surface area contributed by atoms with E-state index in [4.69, 9.17) is 24.9 Å². The van der Waals surface area contributed by atoms with Gasteiger partial charge < -0.3 is 29.8 Å². The molecule has 0 saturated heterocycles. The number of rotatable bonds is 12. The van der Waals surface area contributed by atoms with Crippen molar-refractivity contribution in [2.45, 2.75) is 92.0 Å². The maximum Gasteiger partial charge on any atom is 0.414 e. The van der Waals surface area contributed by atoms with Crippen molar-refractivity contribution in [2.75, 3.05) is 25.5 Å². The number of unbranched alkanes of at least 4 members (excludes halogenated alkanes) is 1. The number of aliphatic imine (C=N–C) groups is 1. The van der Waals surface area contributed by atoms with Crippen LogP contribution in [0.4, 0.5) is 15.4 Å². The normalized spacial score (nSPS) is 11.7. The number of imidazole rings is 1. The number of hydrogen-bond acceptors (Lipinski definition) is 10. The van der Waals surface area contributed by atoms with Crippen molar-refractivity contribution in [1.82, 2.24) is 30.5 Å². The number of benzene rings is 2. The second-order valence-corrected chi connectivity index (χ2v) is 14.0. The van der Waals surface area contributed by atoms with Crippen LogP contribution in [0.3, 0.4) is 0 Å². The molecule has 14 nitrogen and oxygen atoms in total. The molecular formula is C37H50N8O6. The largest absolute Gasteiger partial charge is 0.444 e. The van der Waals surface area contributed by atoms with E-state index in [0.29, 0.717) is 43.2 Å². The summed E-state index contributed by atoms with van der Waals surface area (Å²) in [4.78, 5) is 51.2. The number of hydrogen-bond donors (Lipinski definition) is 4. The van der Waals surface area contributed by atoms with Crippen molar-refractivity contribution >= 4 is 51.8 Å². The topological polar surface area (TPSA) is 184 Å². The van der Waals surface area contributed by atoms with Crippen LogP contribution in [0.2, 0.25) is 0 Å². The number of alkyl carbamates (subject to hydrolysis) is 2. The number of carbonyl (C=O) groups excluding carboxylic acids is 3. The number of nitrogens with zero attached hydrogens (tertiary/aromatic N) is 4. The average molecular weight is 703 g/mol. The maximum absolute atomic E-state index is 12.8. The number of aryl methyl sites for hydroxylation is 1. The molecule has 0 atom stereocenters. The van der Waals surface area contributed by atoms with Crippen LogP contribution in [0.5, 0.6) is 0 Å². The van der Waals surface area contributed by atoms with E-state index >= 15 is 0 Å². The van der Waals surface area contributed by atoms with Crippen molar-refractivity contribution in [2.24, 2.45) is 4.99 Å². The Hall–Kier alpha value is -5.24. The minimum Gasteiger partial charge on any atom is -0.444 e. The lowest BCUT2D eigenvalue weighted by Crippen LogP contribution is -2.47. The molecule has 0 aliphatic carbocycles. The van der Waals surface area contributed by atoms with Crippen molar-refractivity contribution in [1.29, 1.82) is 0 Å². The molecule has 2 heterocycles. The van der Waals surface area contributed by atoms with Gasteiger partial charge in [-0.2, -0.15) is 0 Å². The Morgan fingerprint density at radius 3 is 2.16 bits per heavy atom. The first-order valence-corrected chi connectivity index (χ1v) is 17.2. The second kappa shape index (κ2) is 17.1. The molecule has 0 aliphatic rings. The van der Waals surface area contributed by atoms with Gasteiger partial charge in [-0.15, -0.1) is 0 Å². The number of anilines is 1. The van der Waals surface area contributed by atoms with Gasteiger partial charge in [0, 0.05) is 30.5 Å². The van der Waals surface area contributed by atoms with Crippen LogP contribution in [0.25, 0.3) is 21.9 Å². The van der Waals surface area contributed by atoms with Gasteiger partial charge in [0.1, 0.15) is 22.5 Å². The second-order valence-electron chi connectivity index (χ2n) is 14.0. The monoisotopic (exact) mass is 702 g/mol. The van der Waals surface area contributed by atoms with Gasteiger partial charge in [0.2, 0.25) is 5.96 Å². The smallest absolute Gasteiger partial charge is 0.414 e. The highest BCUT2D eigenvalue weighted by Gasteiger charge is 2.21. The first-order valence-electron chi connectivity index (χ1n) is 17.2. The number of aromatic nitrogens is 3. The molecule has 4 rings (SSSR count). The number of amides is 3. The van der Waals surface area contributed by atoms with Crippen molar-refractivity contribution in [3.05, 3.63) is 65.5 Å². The molecule has 0 spiro atoms. The van der Waals surface area contributed by atoms with Crippen molar-refractivity contribution in [3.63, 3.8) is 0 Å². The summed E-state index contributed by atoms with van der Waals surface area (Å²) >= 11 is 0. The minimum atomic E-state index is -0.781. The van der Waals surface area contributed by atoms with Gasteiger partial charge in [0.15, 0.2) is 5.82 Å². The van der Waals surface area contributed by atoms with Gasteiger partial charge in [0.25, 0.3) is 5.91 Å². The average Bonchev–Trinajstić information content (AvgIpc) is 3.41. The Labute approximate surface area is 298 Å². The van der Waals surface area contributed by atoms with Crippen LogP contribution >= 0.6 is 0 Å². The Balaban J connectivity index is 1.30. The molecule has 0 fully saturated rings. The summed E-state index contributed by atoms with van der Waals surface area (Å²) < 4.78 is 18.7. The first-order chi connectivity index (χ1) is 24.1. The SMILES string of the molecule is CCCCc1nc2c(N)nc3ccccc3c2n1CCOCCNC(=O)c1ccc(CN=C(NC(=O)OC(C)(C)C)NC(=O)OC(C)(C)C)cc1. The summed E-state index contributed by atoms with van der Waals surface area (Å²) in [7, 11) is 0. The van der Waals surface area contributed by atoms with Gasteiger partial charge in [-0.1, -0.05) is 43.7 Å². The van der Waals surface area contributed by atoms with Crippen LogP contribution in [-0.2, 0) is 33.7 Å². The number of carbonyl (C=O) groups is 3. The quantitative estimate of drug-likeness (QED) is 0.0798. The summed E-state index contributed by atoms with van der Waals surface area (Å²) in [6.07, 6.45) is 1.32. The molecule has 0 saturated carbocycles. The number of guanidine groups is 1. The van der Waals surface area contributed by atoms with E-state index in [1.54, 1.807) is 65.8 Å². The number of ether oxygens (including phenoxy) is 3. The molecular weight excluding hydrogens is 652 g/mol. The molecule has 2 aromatic heterocycles. The van der Waals surface area contributed by atoms with Gasteiger partial charge in [0.05, 0.1) is 30.8 Å². The number of nitrogens with one attached hydrogen (secondary N) is 3. The van der Waals surface area contributed by atoms with E-state index in [-0.39, 0.29) is 18.4 Å². The maximum atomic E-state index is 12.8. The highest BCUT2D eigenvalue weighted by atomic mass is 16.6. The molecule has 14 heteroatoms. The van der Waals surface area contributed by atoms with E-state index in [1.165, 1.54) is 0 Å². The van der Waals surface area contributed by atoms with E-state index in [0.717, 1.165) is 47.1 Å². The highest BCUT2D eigenvalue weighted by molar-refractivity contribution is 6.06. The van der Waals surface area contributed by atoms with E-state index in [2.05, 4.69) is 37.4 Å². The third-order valence-corrected chi connectivity index (χ3v) is 7.31. The lowest BCUT2D eigenvalue weighted by atomic mass is 10.1. The van der Waals surface area contributed by atoms with Crippen LogP contribution in [0.1, 0.15) is 83.1 Å². The van der Waals surface area contributed by atoms with E-state index in [1.807, 2.05) is 24.3 Å². The molecule has 2 aromatic carbocycles. The summed E-state index contributed by atoms with van der Waals surface area (Å²) in [6.45, 7) is 14.3. The Morgan fingerprint density at radius 2 is 1.53 bits per heavy atom. The third-order valence-electron chi connectivity index (χ3n) is 7.31. The Morgan fingerprint density at radius 1 is 0.882 bits per heavy atom. The summed E-state index contributed by atoms with van der Waals surface area (Å²) in [5.74, 6) is 0.995. The van der Waals surface area contributed by atoms with Gasteiger partial charge in [-0.05, 0) is 71.7 Å². The molecule has 0 aliphatic heterocycles. The third kappa shape index (κ3) is 11.7. The molecule has 274 valence electrons. The Bertz CT molecular complexity index is 1820. The van der Waals surface area contributed by atoms with Gasteiger partial charge in [-0.25, -0.2) is 24.5 Å². The molecule has 0 radical (unpaired) electrons. The van der Waals surface area contributed by atoms with Crippen LogP contribution in [0.15, 0.2) is 53.5 Å². The molecule has 3 amide bonds. The number of nitrogens with two attached hydrogens (primary N) is 1. The number of fused-ring (bicyclic) bond motifs is 3. The molecule has 0 bridgehead atoms. The predicted molar refractivity (Wildman–Crippen MR) is 198 cm³/mol. The zero-order valence-electron chi connectivity index (χ0n) is 30.6. The van der Waals surface area contributed by atoms with Crippen LogP contribution in [-0.4, -0.2) is 69.5 Å². The lowest BCUT2D eigenvalue weighted by Gasteiger charge is -2.22. The minimum absolute atomic E-state index is 0.0991. The predicted octanol–water partition coefficient (Wildman–Crippen LogP) is 5.86. The fourth-order valence-electron chi connectivity index (χ4n) is 5.11. The standard InChI is InChI=1S/C37H50N8O6/c1-8-9-14-28-42-29-30(26-12-10-11-13-27(26)41-31(29)38)45(28)20-22-49-21-19-39-32(46)25-17-15-24(16-18-25)23-40-33(43-34(47)50-36(2,3)4)44-35(48)51-37(5,6)7/h10-13,15-18H,8-9,14,19-23H2,1-7H3,(H2,38,41)(H,39,46)(H2,40,43,44,47,48). The highest BCUT2D eigenvalue weighted by Crippen LogP contribution is 2.29. The summed E-state index contributed by atoms with van der Waals surface area (Å²) in [5.41, 5.74) is 8.50. The molecule has 51 heavy (non-hydrogen) atoms. The lowest BCUT2D eigenvalue weighted by molar-refractivity contribution is 0.0544. The molecule has 0 unspecified atom stereocenters. The number of nitrogen functional groups attached to an aromatic ring is 1. The molecule has 5 N–H and O–H groups in total. The van der Waals surface area contributed by atoms with E-state index < -0.39 is 23.4 Å². The fourth-order valence-corrected chi connectivity index (χ4v) is 5.11. The number of pyridine rings is 1. The van der Waals surface area contributed by atoms with Crippen LogP contribution in [0, 0.1) is 0 Å². The summed E-state index contributed by atoms with van der Waals surface area (Å²) in [5, 5.41) is 8.79. The van der Waals surface area contributed by atoms with Gasteiger partial charge >= 0.3 is 12.2 Å². The molecule has 4 aromatic rings. The Kier molecular flexibility index (Phi) is 12.9. The number of para-hydroxylation sites is 1. The summed E-state index contributed by atoms with van der Waals surface area (Å²) in [6, 6.07) is 14.7. The van der Waals surface area contributed by atoms with Crippen LogP contribution < -0.4 is 21.7 Å². The zero-order valence-corrected chi connectivity index (χ0v) is 30.6. The zero-order chi connectivity index (χ0) is 37.2. The van der Waals surface area contributed by atoms with E-state index in [9.17, 15) is 14.4 Å².